The van der Waals surface area contributed by atoms with Crippen molar-refractivity contribution >= 4 is 23.4 Å². The molecule has 1 aromatic carbocycles. The average Bonchev–Trinajstić information content (AvgIpc) is 2.98. The van der Waals surface area contributed by atoms with Gasteiger partial charge in [-0.2, -0.15) is 0 Å². The van der Waals surface area contributed by atoms with Crippen LogP contribution in [-0.2, 0) is 9.59 Å². The lowest BCUT2D eigenvalue weighted by Crippen LogP contribution is -2.45. The van der Waals surface area contributed by atoms with E-state index in [0.717, 1.165) is 18.7 Å². The number of carbonyl (C=O) groups is 2. The predicted octanol–water partition coefficient (Wildman–Crippen LogP) is 2.12. The van der Waals surface area contributed by atoms with Gasteiger partial charge in [0.25, 0.3) is 0 Å². The van der Waals surface area contributed by atoms with E-state index >= 15 is 0 Å². The Balaban J connectivity index is 2.07. The largest absolute Gasteiger partial charge is 0.352 e. The highest BCUT2D eigenvalue weighted by Gasteiger charge is 2.28. The van der Waals surface area contributed by atoms with Gasteiger partial charge in [-0.1, -0.05) is 43.6 Å². The molecule has 0 aliphatic carbocycles. The molecule has 2 amide bonds. The van der Waals surface area contributed by atoms with E-state index in [2.05, 4.69) is 29.4 Å². The zero-order valence-corrected chi connectivity index (χ0v) is 14.4. The number of carbonyl (C=O) groups excluding carboxylic acids is 2. The molecule has 0 bridgehead atoms. The lowest BCUT2D eigenvalue weighted by atomic mass is 10.0. The zero-order chi connectivity index (χ0) is 16.8. The van der Waals surface area contributed by atoms with Gasteiger partial charge < -0.3 is 10.6 Å². The molecule has 2 atom stereocenters. The molecule has 1 aromatic rings. The SMILES string of the molecule is CCN(CC)[C@@H](CNC(=O)[C@H]1CCC(=O)N1)c1ccccc1Cl. The third-order valence-corrected chi connectivity index (χ3v) is 4.64. The molecule has 1 aliphatic rings. The molecular formula is C17H24ClN3O2. The molecule has 0 aromatic heterocycles. The first-order valence-electron chi connectivity index (χ1n) is 8.12. The van der Waals surface area contributed by atoms with Gasteiger partial charge in [0.1, 0.15) is 6.04 Å². The fourth-order valence-electron chi connectivity index (χ4n) is 2.98. The standard InChI is InChI=1S/C17H24ClN3O2/c1-3-21(4-2)15(12-7-5-6-8-13(12)18)11-19-17(23)14-9-10-16(22)20-14/h5-8,14-15H,3-4,9-11H2,1-2H3,(H,19,23)(H,20,22)/t14-,15+/m1/s1. The van der Waals surface area contributed by atoms with Gasteiger partial charge in [0.05, 0.1) is 6.04 Å². The molecule has 2 N–H and O–H groups in total. The highest BCUT2D eigenvalue weighted by Crippen LogP contribution is 2.27. The number of hydrogen-bond acceptors (Lipinski definition) is 3. The zero-order valence-electron chi connectivity index (χ0n) is 13.6. The molecule has 1 heterocycles. The number of benzene rings is 1. The van der Waals surface area contributed by atoms with Crippen molar-refractivity contribution in [2.24, 2.45) is 0 Å². The van der Waals surface area contributed by atoms with Crippen molar-refractivity contribution in [3.63, 3.8) is 0 Å². The molecule has 5 nitrogen and oxygen atoms in total. The second kappa shape index (κ2) is 8.31. The van der Waals surface area contributed by atoms with Gasteiger partial charge in [0, 0.05) is 18.0 Å². The molecule has 1 aliphatic heterocycles. The van der Waals surface area contributed by atoms with Crippen molar-refractivity contribution in [1.29, 1.82) is 0 Å². The highest BCUT2D eigenvalue weighted by molar-refractivity contribution is 6.31. The van der Waals surface area contributed by atoms with Crippen molar-refractivity contribution in [2.75, 3.05) is 19.6 Å². The molecule has 126 valence electrons. The Labute approximate surface area is 142 Å². The van der Waals surface area contributed by atoms with E-state index in [0.29, 0.717) is 24.4 Å². The van der Waals surface area contributed by atoms with Gasteiger partial charge in [-0.15, -0.1) is 0 Å². The monoisotopic (exact) mass is 337 g/mol. The van der Waals surface area contributed by atoms with E-state index in [4.69, 9.17) is 11.6 Å². The van der Waals surface area contributed by atoms with Crippen molar-refractivity contribution in [3.8, 4) is 0 Å². The minimum Gasteiger partial charge on any atom is -0.352 e. The first-order valence-corrected chi connectivity index (χ1v) is 8.50. The van der Waals surface area contributed by atoms with Gasteiger partial charge in [0.2, 0.25) is 11.8 Å². The molecule has 23 heavy (non-hydrogen) atoms. The Kier molecular flexibility index (Phi) is 6.42. The van der Waals surface area contributed by atoms with E-state index < -0.39 is 6.04 Å². The molecule has 6 heteroatoms. The van der Waals surface area contributed by atoms with Crippen LogP contribution >= 0.6 is 11.6 Å². The number of halogens is 1. The van der Waals surface area contributed by atoms with Crippen molar-refractivity contribution in [1.82, 2.24) is 15.5 Å². The lowest BCUT2D eigenvalue weighted by Gasteiger charge is -2.31. The van der Waals surface area contributed by atoms with Crippen molar-refractivity contribution < 1.29 is 9.59 Å². The Morgan fingerprint density at radius 2 is 2.09 bits per heavy atom. The number of amides is 2. The maximum absolute atomic E-state index is 12.2. The van der Waals surface area contributed by atoms with Crippen LogP contribution in [-0.4, -0.2) is 42.4 Å². The van der Waals surface area contributed by atoms with E-state index in [1.54, 1.807) is 0 Å². The van der Waals surface area contributed by atoms with Crippen LogP contribution in [0.15, 0.2) is 24.3 Å². The smallest absolute Gasteiger partial charge is 0.242 e. The van der Waals surface area contributed by atoms with E-state index in [-0.39, 0.29) is 17.9 Å². The van der Waals surface area contributed by atoms with Crippen molar-refractivity contribution in [2.45, 2.75) is 38.8 Å². The maximum Gasteiger partial charge on any atom is 0.242 e. The summed E-state index contributed by atoms with van der Waals surface area (Å²) in [5, 5.41) is 6.36. The maximum atomic E-state index is 12.2. The normalized spacial score (nSPS) is 18.8. The third kappa shape index (κ3) is 4.45. The molecule has 1 fully saturated rings. The summed E-state index contributed by atoms with van der Waals surface area (Å²) in [6.45, 7) is 6.38. The predicted molar refractivity (Wildman–Crippen MR) is 91.3 cm³/mol. The van der Waals surface area contributed by atoms with Crippen LogP contribution in [0.2, 0.25) is 5.02 Å². The summed E-state index contributed by atoms with van der Waals surface area (Å²) in [6, 6.07) is 7.32. The van der Waals surface area contributed by atoms with E-state index in [9.17, 15) is 9.59 Å². The van der Waals surface area contributed by atoms with Crippen LogP contribution < -0.4 is 10.6 Å². The number of nitrogens with zero attached hydrogens (tertiary/aromatic N) is 1. The van der Waals surface area contributed by atoms with Crippen LogP contribution in [0.5, 0.6) is 0 Å². The topological polar surface area (TPSA) is 61.4 Å². The Morgan fingerprint density at radius 3 is 2.65 bits per heavy atom. The van der Waals surface area contributed by atoms with Gasteiger partial charge in [-0.3, -0.25) is 14.5 Å². The number of hydrogen-bond donors (Lipinski definition) is 2. The summed E-state index contributed by atoms with van der Waals surface area (Å²) in [6.07, 6.45) is 0.981. The first kappa shape index (κ1) is 17.8. The van der Waals surface area contributed by atoms with Crippen LogP contribution in [0.3, 0.4) is 0 Å². The minimum atomic E-state index is -0.411. The second-order valence-corrected chi connectivity index (χ2v) is 6.07. The fraction of sp³-hybridized carbons (Fsp3) is 0.529. The Hall–Kier alpha value is -1.59. The number of nitrogens with one attached hydrogen (secondary N) is 2. The number of likely N-dealkylation sites (N-methyl/N-ethyl adjacent to an activating group) is 1. The third-order valence-electron chi connectivity index (χ3n) is 4.30. The van der Waals surface area contributed by atoms with E-state index in [1.165, 1.54) is 0 Å². The molecular weight excluding hydrogens is 314 g/mol. The van der Waals surface area contributed by atoms with Gasteiger partial charge in [-0.05, 0) is 31.1 Å². The van der Waals surface area contributed by atoms with Crippen LogP contribution in [0.1, 0.15) is 38.3 Å². The molecule has 0 radical (unpaired) electrons. The number of rotatable bonds is 7. The van der Waals surface area contributed by atoms with Gasteiger partial charge in [0.15, 0.2) is 0 Å². The second-order valence-electron chi connectivity index (χ2n) is 5.66. The summed E-state index contributed by atoms with van der Waals surface area (Å²) in [7, 11) is 0. The molecule has 0 saturated carbocycles. The molecule has 0 spiro atoms. The molecule has 0 unspecified atom stereocenters. The molecule has 1 saturated heterocycles. The summed E-state index contributed by atoms with van der Waals surface area (Å²) in [5.74, 6) is -0.184. The highest BCUT2D eigenvalue weighted by atomic mass is 35.5. The first-order chi connectivity index (χ1) is 11.1. The van der Waals surface area contributed by atoms with Gasteiger partial charge >= 0.3 is 0 Å². The summed E-state index contributed by atoms with van der Waals surface area (Å²) < 4.78 is 0. The van der Waals surface area contributed by atoms with Crippen LogP contribution in [0, 0.1) is 0 Å². The molecule has 2 rings (SSSR count). The average molecular weight is 338 g/mol. The van der Waals surface area contributed by atoms with Crippen LogP contribution in [0.4, 0.5) is 0 Å². The van der Waals surface area contributed by atoms with Crippen molar-refractivity contribution in [3.05, 3.63) is 34.9 Å². The summed E-state index contributed by atoms with van der Waals surface area (Å²) >= 11 is 6.34. The van der Waals surface area contributed by atoms with Crippen LogP contribution in [0.25, 0.3) is 0 Å². The van der Waals surface area contributed by atoms with E-state index in [1.807, 2.05) is 24.3 Å². The summed E-state index contributed by atoms with van der Waals surface area (Å²) in [5.41, 5.74) is 1.01. The Morgan fingerprint density at radius 1 is 1.39 bits per heavy atom. The Bertz CT molecular complexity index is 561. The lowest BCUT2D eigenvalue weighted by molar-refractivity contribution is -0.125. The minimum absolute atomic E-state index is 0.0137. The van der Waals surface area contributed by atoms with Gasteiger partial charge in [-0.25, -0.2) is 0 Å². The summed E-state index contributed by atoms with van der Waals surface area (Å²) in [4.78, 5) is 25.7. The fourth-order valence-corrected chi connectivity index (χ4v) is 3.24. The quantitative estimate of drug-likeness (QED) is 0.801.